The van der Waals surface area contributed by atoms with Gasteiger partial charge in [-0.25, -0.2) is 9.97 Å². The molecule has 8 heteroatoms. The van der Waals surface area contributed by atoms with Gasteiger partial charge in [0, 0.05) is 49.9 Å². The van der Waals surface area contributed by atoms with Crippen LogP contribution in [-0.4, -0.2) is 41.0 Å². The van der Waals surface area contributed by atoms with Gasteiger partial charge in [0.25, 0.3) is 0 Å². The van der Waals surface area contributed by atoms with E-state index >= 15 is 0 Å². The average Bonchev–Trinajstić information content (AvgIpc) is 2.88. The molecule has 176 valence electrons. The van der Waals surface area contributed by atoms with Crippen LogP contribution < -0.4 is 4.90 Å². The fraction of sp³-hybridized carbons (Fsp3) is 0.222. The maximum Gasteiger partial charge on any atom is 0.433 e. The summed E-state index contributed by atoms with van der Waals surface area (Å²) in [7, 11) is 0. The Morgan fingerprint density at radius 1 is 0.914 bits per heavy atom. The van der Waals surface area contributed by atoms with Crippen molar-refractivity contribution in [2.24, 2.45) is 0 Å². The van der Waals surface area contributed by atoms with Gasteiger partial charge in [0.1, 0.15) is 11.5 Å². The molecule has 0 radical (unpaired) electrons. The van der Waals surface area contributed by atoms with Crippen LogP contribution in [0.5, 0.6) is 0 Å². The number of hydrogen-bond acceptors (Lipinski definition) is 5. The maximum absolute atomic E-state index is 13.5. The second-order valence-electron chi connectivity index (χ2n) is 8.53. The summed E-state index contributed by atoms with van der Waals surface area (Å²) in [6.07, 6.45) is -2.90. The molecule has 0 spiro atoms. The Morgan fingerprint density at radius 2 is 1.69 bits per heavy atom. The predicted octanol–water partition coefficient (Wildman–Crippen LogP) is 5.51. The third-order valence-electron chi connectivity index (χ3n) is 6.22. The van der Waals surface area contributed by atoms with Crippen molar-refractivity contribution in [3.63, 3.8) is 0 Å². The monoisotopic (exact) mass is 473 g/mol. The first-order valence-electron chi connectivity index (χ1n) is 11.3. The van der Waals surface area contributed by atoms with E-state index in [-0.39, 0.29) is 0 Å². The fourth-order valence-electron chi connectivity index (χ4n) is 4.46. The molecule has 1 aliphatic rings. The van der Waals surface area contributed by atoms with E-state index < -0.39 is 11.9 Å². The van der Waals surface area contributed by atoms with Crippen LogP contribution in [0.15, 0.2) is 72.9 Å². The summed E-state index contributed by atoms with van der Waals surface area (Å²) >= 11 is 0. The van der Waals surface area contributed by atoms with Gasteiger partial charge in [0.15, 0.2) is 0 Å². The first-order valence-corrected chi connectivity index (χ1v) is 11.3. The smallest absolute Gasteiger partial charge is 0.353 e. The predicted molar refractivity (Wildman–Crippen MR) is 129 cm³/mol. The molecular weight excluding hydrogens is 451 g/mol. The van der Waals surface area contributed by atoms with Crippen LogP contribution in [0.25, 0.3) is 22.0 Å². The molecule has 35 heavy (non-hydrogen) atoms. The van der Waals surface area contributed by atoms with E-state index in [4.69, 9.17) is 5.26 Å². The minimum absolute atomic E-state index is 0.298. The van der Waals surface area contributed by atoms with Gasteiger partial charge in [-0.05, 0) is 35.4 Å². The van der Waals surface area contributed by atoms with Crippen molar-refractivity contribution in [1.82, 2.24) is 14.9 Å². The van der Waals surface area contributed by atoms with E-state index in [2.05, 4.69) is 25.8 Å². The lowest BCUT2D eigenvalue weighted by Crippen LogP contribution is -2.46. The molecule has 4 aromatic rings. The molecule has 5 rings (SSSR count). The summed E-state index contributed by atoms with van der Waals surface area (Å²) in [6.45, 7) is 3.65. The van der Waals surface area contributed by atoms with E-state index in [1.54, 1.807) is 12.3 Å². The number of benzene rings is 2. The highest BCUT2D eigenvalue weighted by atomic mass is 19.4. The maximum atomic E-state index is 13.5. The van der Waals surface area contributed by atoms with Gasteiger partial charge in [-0.2, -0.15) is 18.4 Å². The zero-order valence-corrected chi connectivity index (χ0v) is 18.8. The molecule has 5 nitrogen and oxygen atoms in total. The molecule has 0 atom stereocenters. The van der Waals surface area contributed by atoms with E-state index in [0.717, 1.165) is 36.8 Å². The van der Waals surface area contributed by atoms with Gasteiger partial charge in [-0.15, -0.1) is 0 Å². The largest absolute Gasteiger partial charge is 0.433 e. The Hall–Kier alpha value is -3.96. The number of fused-ring (bicyclic) bond motifs is 1. The SMILES string of the molecule is N#Cc1cccc(CN2CCN(c3ncc(-c4ccccc4)c4nc(C(F)(F)F)ccc34)CC2)c1. The molecule has 2 aromatic heterocycles. The number of alkyl halides is 3. The summed E-state index contributed by atoms with van der Waals surface area (Å²) in [4.78, 5) is 13.1. The quantitative estimate of drug-likeness (QED) is 0.391. The Morgan fingerprint density at radius 3 is 2.40 bits per heavy atom. The number of aromatic nitrogens is 2. The molecular formula is C27H22F3N5. The van der Waals surface area contributed by atoms with E-state index in [1.165, 1.54) is 6.07 Å². The standard InChI is InChI=1S/C27H22F3N5/c28-27(29,30)24-10-9-22-25(33-24)23(21-7-2-1-3-8-21)17-32-26(22)35-13-11-34(12-14-35)18-20-6-4-5-19(15-20)16-31/h1-10,15,17H,11-14,18H2. The second kappa shape index (κ2) is 9.35. The summed E-state index contributed by atoms with van der Waals surface area (Å²) < 4.78 is 40.4. The molecule has 0 bridgehead atoms. The van der Waals surface area contributed by atoms with Crippen LogP contribution >= 0.6 is 0 Å². The van der Waals surface area contributed by atoms with Gasteiger partial charge in [-0.3, -0.25) is 4.90 Å². The van der Waals surface area contributed by atoms with Crippen molar-refractivity contribution in [1.29, 1.82) is 5.26 Å². The summed E-state index contributed by atoms with van der Waals surface area (Å²) in [5.74, 6) is 0.645. The third kappa shape index (κ3) is 4.81. The highest BCUT2D eigenvalue weighted by Crippen LogP contribution is 2.36. The lowest BCUT2D eigenvalue weighted by Gasteiger charge is -2.36. The number of anilines is 1. The Balaban J connectivity index is 1.43. The van der Waals surface area contributed by atoms with Gasteiger partial charge in [0.05, 0.1) is 17.1 Å². The molecule has 1 fully saturated rings. The van der Waals surface area contributed by atoms with Crippen molar-refractivity contribution < 1.29 is 13.2 Å². The molecule has 0 unspecified atom stereocenters. The number of nitriles is 1. The zero-order chi connectivity index (χ0) is 24.4. The van der Waals surface area contributed by atoms with E-state index in [9.17, 15) is 13.2 Å². The Bertz CT molecular complexity index is 1390. The van der Waals surface area contributed by atoms with Crippen molar-refractivity contribution in [3.8, 4) is 17.2 Å². The lowest BCUT2D eigenvalue weighted by atomic mass is 10.0. The number of piperazine rings is 1. The van der Waals surface area contributed by atoms with Crippen LogP contribution in [0.2, 0.25) is 0 Å². The molecule has 0 aliphatic carbocycles. The summed E-state index contributed by atoms with van der Waals surface area (Å²) in [5.41, 5.74) is 2.45. The lowest BCUT2D eigenvalue weighted by molar-refractivity contribution is -0.140. The highest BCUT2D eigenvalue weighted by molar-refractivity contribution is 5.99. The number of rotatable bonds is 4. The van der Waals surface area contributed by atoms with Crippen molar-refractivity contribution >= 4 is 16.7 Å². The van der Waals surface area contributed by atoms with Crippen molar-refractivity contribution in [2.75, 3.05) is 31.1 Å². The zero-order valence-electron chi connectivity index (χ0n) is 18.8. The Kier molecular flexibility index (Phi) is 6.10. The fourth-order valence-corrected chi connectivity index (χ4v) is 4.46. The van der Waals surface area contributed by atoms with Crippen molar-refractivity contribution in [2.45, 2.75) is 12.7 Å². The van der Waals surface area contributed by atoms with Gasteiger partial charge >= 0.3 is 6.18 Å². The van der Waals surface area contributed by atoms with Crippen LogP contribution in [0.1, 0.15) is 16.8 Å². The Labute approximate surface area is 201 Å². The first kappa shape index (κ1) is 22.8. The molecule has 0 amide bonds. The van der Waals surface area contributed by atoms with Crippen LogP contribution in [-0.2, 0) is 12.7 Å². The highest BCUT2D eigenvalue weighted by Gasteiger charge is 2.33. The topological polar surface area (TPSA) is 56.1 Å². The van der Waals surface area contributed by atoms with Gasteiger partial charge in [-0.1, -0.05) is 42.5 Å². The molecule has 1 aliphatic heterocycles. The molecule has 0 saturated carbocycles. The van der Waals surface area contributed by atoms with Gasteiger partial charge in [0.2, 0.25) is 0 Å². The minimum Gasteiger partial charge on any atom is -0.353 e. The van der Waals surface area contributed by atoms with E-state index in [1.807, 2.05) is 48.5 Å². The number of nitrogens with zero attached hydrogens (tertiary/aromatic N) is 5. The summed E-state index contributed by atoms with van der Waals surface area (Å²) in [6, 6.07) is 21.5. The molecule has 0 N–H and O–H groups in total. The van der Waals surface area contributed by atoms with Crippen LogP contribution in [0.3, 0.4) is 0 Å². The summed E-state index contributed by atoms with van der Waals surface area (Å²) in [5, 5.41) is 9.73. The van der Waals surface area contributed by atoms with Crippen LogP contribution in [0.4, 0.5) is 19.0 Å². The molecule has 3 heterocycles. The van der Waals surface area contributed by atoms with E-state index in [0.29, 0.717) is 40.9 Å². The van der Waals surface area contributed by atoms with Gasteiger partial charge < -0.3 is 4.90 Å². The van der Waals surface area contributed by atoms with Crippen molar-refractivity contribution in [3.05, 3.63) is 89.7 Å². The van der Waals surface area contributed by atoms with Crippen LogP contribution in [0, 0.1) is 11.3 Å². The number of halogens is 3. The average molecular weight is 474 g/mol. The third-order valence-corrected chi connectivity index (χ3v) is 6.22. The molecule has 1 saturated heterocycles. The number of hydrogen-bond donors (Lipinski definition) is 0. The first-order chi connectivity index (χ1) is 16.9. The minimum atomic E-state index is -4.53. The normalized spacial score (nSPS) is 14.7. The number of pyridine rings is 2. The second-order valence-corrected chi connectivity index (χ2v) is 8.53. The molecule has 2 aromatic carbocycles.